The number of fused-ring (bicyclic) bond motifs is 2. The molecule has 1 heterocycles. The number of pyridine rings is 1. The van der Waals surface area contributed by atoms with Gasteiger partial charge in [-0.3, -0.25) is 4.79 Å². The molecule has 0 aromatic carbocycles. The Hall–Kier alpha value is -0.800. The van der Waals surface area contributed by atoms with Gasteiger partial charge < -0.3 is 5.32 Å². The maximum Gasteiger partial charge on any atom is 0.252 e. The Morgan fingerprint density at radius 1 is 1.37 bits per heavy atom. The fraction of sp³-hybridized carbons (Fsp3) is 0.571. The van der Waals surface area contributed by atoms with E-state index in [1.165, 1.54) is 37.9 Å². The van der Waals surface area contributed by atoms with Crippen LogP contribution < -0.4 is 5.32 Å². The molecule has 3 rings (SSSR count). The first kappa shape index (κ1) is 13.2. The van der Waals surface area contributed by atoms with Crippen LogP contribution in [0.25, 0.3) is 0 Å². The molecule has 3 atom stereocenters. The lowest BCUT2D eigenvalue weighted by Crippen LogP contribution is -2.31. The van der Waals surface area contributed by atoms with Crippen LogP contribution in [0.2, 0.25) is 10.2 Å². The molecule has 102 valence electrons. The summed E-state index contributed by atoms with van der Waals surface area (Å²) in [5.41, 5.74) is 0.407. The molecule has 1 N–H and O–H groups in total. The predicted octanol–water partition coefficient (Wildman–Crippen LogP) is 3.55. The normalized spacial score (nSPS) is 28.6. The van der Waals surface area contributed by atoms with Crippen molar-refractivity contribution in [3.05, 3.63) is 28.0 Å². The second-order valence-electron chi connectivity index (χ2n) is 5.63. The van der Waals surface area contributed by atoms with E-state index in [4.69, 9.17) is 23.2 Å². The number of rotatable bonds is 3. The fourth-order valence-electron chi connectivity index (χ4n) is 3.53. The quantitative estimate of drug-likeness (QED) is 0.867. The summed E-state index contributed by atoms with van der Waals surface area (Å²) in [4.78, 5) is 15.9. The number of carbonyl (C=O) groups excluding carboxylic acids is 1. The lowest BCUT2D eigenvalue weighted by molar-refractivity contribution is 0.0942. The highest BCUT2D eigenvalue weighted by atomic mass is 35.5. The smallest absolute Gasteiger partial charge is 0.252 e. The van der Waals surface area contributed by atoms with Gasteiger partial charge in [0.15, 0.2) is 0 Å². The molecule has 1 amide bonds. The largest absolute Gasteiger partial charge is 0.352 e. The van der Waals surface area contributed by atoms with Crippen molar-refractivity contribution in [1.82, 2.24) is 10.3 Å². The molecule has 1 aromatic heterocycles. The molecule has 2 bridgehead atoms. The number of aromatic nitrogens is 1. The highest BCUT2D eigenvalue weighted by Gasteiger charge is 2.39. The van der Waals surface area contributed by atoms with Gasteiger partial charge in [-0.1, -0.05) is 29.6 Å². The average molecular weight is 299 g/mol. The van der Waals surface area contributed by atoms with Crippen molar-refractivity contribution >= 4 is 29.1 Å². The van der Waals surface area contributed by atoms with E-state index in [0.717, 1.165) is 18.4 Å². The lowest BCUT2D eigenvalue weighted by atomic mass is 9.89. The summed E-state index contributed by atoms with van der Waals surface area (Å²) in [6, 6.07) is 1.51. The molecule has 0 aliphatic heterocycles. The maximum absolute atomic E-state index is 12.1. The van der Waals surface area contributed by atoms with E-state index in [1.54, 1.807) is 0 Å². The average Bonchev–Trinajstić information content (AvgIpc) is 3.01. The molecule has 0 spiro atoms. The second-order valence-corrected chi connectivity index (χ2v) is 6.43. The first-order valence-corrected chi connectivity index (χ1v) is 7.48. The van der Waals surface area contributed by atoms with E-state index in [1.807, 2.05) is 0 Å². The topological polar surface area (TPSA) is 42.0 Å². The molecule has 2 aliphatic carbocycles. The molecule has 2 saturated carbocycles. The molecule has 19 heavy (non-hydrogen) atoms. The number of hydrogen-bond donors (Lipinski definition) is 1. The van der Waals surface area contributed by atoms with Gasteiger partial charge in [0.25, 0.3) is 5.91 Å². The van der Waals surface area contributed by atoms with Gasteiger partial charge in [0.2, 0.25) is 0 Å². The minimum Gasteiger partial charge on any atom is -0.352 e. The van der Waals surface area contributed by atoms with E-state index in [9.17, 15) is 4.79 Å². The third-order valence-electron chi connectivity index (χ3n) is 4.48. The van der Waals surface area contributed by atoms with Crippen LogP contribution in [-0.4, -0.2) is 17.4 Å². The number of nitrogens with one attached hydrogen (secondary N) is 1. The van der Waals surface area contributed by atoms with Crippen molar-refractivity contribution in [1.29, 1.82) is 0 Å². The standard InChI is InChI=1S/C14H16Cl2N2O/c15-12-7-17-13(16)5-11(12)14(19)18-6-10-4-8-1-2-9(10)3-8/h5,7-10H,1-4,6H2,(H,18,19). The van der Waals surface area contributed by atoms with Crippen LogP contribution in [-0.2, 0) is 0 Å². The Kier molecular flexibility index (Phi) is 3.68. The van der Waals surface area contributed by atoms with E-state index in [2.05, 4.69) is 10.3 Å². The second kappa shape index (κ2) is 5.29. The molecular weight excluding hydrogens is 283 g/mol. The van der Waals surface area contributed by atoms with E-state index >= 15 is 0 Å². The monoisotopic (exact) mass is 298 g/mol. The van der Waals surface area contributed by atoms with Crippen molar-refractivity contribution in [2.45, 2.75) is 25.7 Å². The summed E-state index contributed by atoms with van der Waals surface area (Å²) in [5.74, 6) is 2.18. The summed E-state index contributed by atoms with van der Waals surface area (Å²) in [6.45, 7) is 0.746. The SMILES string of the molecule is O=C(NCC1CC2CCC1C2)c1cc(Cl)ncc1Cl. The van der Waals surface area contributed by atoms with Crippen molar-refractivity contribution < 1.29 is 4.79 Å². The van der Waals surface area contributed by atoms with Crippen molar-refractivity contribution in [3.63, 3.8) is 0 Å². The predicted molar refractivity (Wildman–Crippen MR) is 75.5 cm³/mol. The minimum atomic E-state index is -0.155. The van der Waals surface area contributed by atoms with Crippen LogP contribution in [0, 0.1) is 17.8 Å². The van der Waals surface area contributed by atoms with Crippen molar-refractivity contribution in [3.8, 4) is 0 Å². The summed E-state index contributed by atoms with van der Waals surface area (Å²) in [6.07, 6.45) is 6.72. The van der Waals surface area contributed by atoms with Crippen LogP contribution >= 0.6 is 23.2 Å². The molecule has 2 fully saturated rings. The Morgan fingerprint density at radius 2 is 2.21 bits per heavy atom. The molecule has 3 nitrogen and oxygen atoms in total. The molecule has 0 saturated heterocycles. The van der Waals surface area contributed by atoms with E-state index in [-0.39, 0.29) is 11.1 Å². The number of amides is 1. The van der Waals surface area contributed by atoms with Crippen LogP contribution in [0.5, 0.6) is 0 Å². The van der Waals surface area contributed by atoms with Gasteiger partial charge in [-0.25, -0.2) is 4.98 Å². The van der Waals surface area contributed by atoms with Crippen LogP contribution in [0.4, 0.5) is 0 Å². The highest BCUT2D eigenvalue weighted by Crippen LogP contribution is 2.47. The van der Waals surface area contributed by atoms with Gasteiger partial charge >= 0.3 is 0 Å². The van der Waals surface area contributed by atoms with Crippen LogP contribution in [0.3, 0.4) is 0 Å². The molecule has 0 radical (unpaired) electrons. The van der Waals surface area contributed by atoms with Crippen molar-refractivity contribution in [2.75, 3.05) is 6.54 Å². The third-order valence-corrected chi connectivity index (χ3v) is 4.98. The third kappa shape index (κ3) is 2.72. The molecule has 2 aliphatic rings. The van der Waals surface area contributed by atoms with E-state index in [0.29, 0.717) is 16.5 Å². The number of nitrogens with zero attached hydrogens (tertiary/aromatic N) is 1. The van der Waals surface area contributed by atoms with Crippen LogP contribution in [0.1, 0.15) is 36.0 Å². The Labute approximate surface area is 122 Å². The van der Waals surface area contributed by atoms with Gasteiger partial charge in [0, 0.05) is 12.7 Å². The van der Waals surface area contributed by atoms with Gasteiger partial charge in [0.05, 0.1) is 10.6 Å². The van der Waals surface area contributed by atoms with Gasteiger partial charge in [-0.2, -0.15) is 0 Å². The summed E-state index contributed by atoms with van der Waals surface area (Å²) < 4.78 is 0. The Bertz CT molecular complexity index is 506. The molecular formula is C14H16Cl2N2O. The first-order chi connectivity index (χ1) is 9.13. The Balaban J connectivity index is 1.61. The zero-order valence-electron chi connectivity index (χ0n) is 10.5. The highest BCUT2D eigenvalue weighted by molar-refractivity contribution is 6.35. The van der Waals surface area contributed by atoms with Crippen LogP contribution in [0.15, 0.2) is 12.3 Å². The first-order valence-electron chi connectivity index (χ1n) is 6.72. The number of carbonyl (C=O) groups is 1. The molecule has 3 unspecified atom stereocenters. The number of halogens is 2. The van der Waals surface area contributed by atoms with Gasteiger partial charge in [-0.05, 0) is 43.1 Å². The van der Waals surface area contributed by atoms with Gasteiger partial charge in [-0.15, -0.1) is 0 Å². The lowest BCUT2D eigenvalue weighted by Gasteiger charge is -2.21. The molecule has 5 heteroatoms. The fourth-order valence-corrected chi connectivity index (χ4v) is 3.88. The van der Waals surface area contributed by atoms with Crippen molar-refractivity contribution in [2.24, 2.45) is 17.8 Å². The zero-order valence-corrected chi connectivity index (χ0v) is 12.0. The zero-order chi connectivity index (χ0) is 13.4. The van der Waals surface area contributed by atoms with E-state index < -0.39 is 0 Å². The summed E-state index contributed by atoms with van der Waals surface area (Å²) >= 11 is 11.8. The minimum absolute atomic E-state index is 0.155. The molecule has 1 aromatic rings. The summed E-state index contributed by atoms with van der Waals surface area (Å²) in [5, 5.41) is 3.61. The van der Waals surface area contributed by atoms with Gasteiger partial charge in [0.1, 0.15) is 5.15 Å². The number of hydrogen-bond acceptors (Lipinski definition) is 2. The summed E-state index contributed by atoms with van der Waals surface area (Å²) in [7, 11) is 0. The maximum atomic E-state index is 12.1. The Morgan fingerprint density at radius 3 is 2.89 bits per heavy atom.